The van der Waals surface area contributed by atoms with Gasteiger partial charge in [0.05, 0.1) is 7.11 Å². The average Bonchev–Trinajstić information content (AvgIpc) is 2.06. The molecule has 0 aliphatic carbocycles. The summed E-state index contributed by atoms with van der Waals surface area (Å²) in [6.45, 7) is 0. The molecule has 0 saturated heterocycles. The first-order valence-electron chi connectivity index (χ1n) is 3.28. The first-order chi connectivity index (χ1) is 5.70. The summed E-state index contributed by atoms with van der Waals surface area (Å²) in [5.74, 6) is -0.696. The molecule has 0 heterocycles. The molecule has 0 N–H and O–H groups in total. The number of carbonyl (C=O) groups excluding carboxylic acids is 1. The van der Waals surface area contributed by atoms with E-state index in [1.54, 1.807) is 0 Å². The summed E-state index contributed by atoms with van der Waals surface area (Å²) in [6.07, 6.45) is 0.368. The lowest BCUT2D eigenvalue weighted by atomic mass is 9.90. The Morgan fingerprint density at radius 2 is 2.25 bits per heavy atom. The highest BCUT2D eigenvalue weighted by Crippen LogP contribution is 2.16. The number of rotatable bonds is 2. The van der Waals surface area contributed by atoms with E-state index in [2.05, 4.69) is 4.74 Å². The fraction of sp³-hybridized carbons (Fsp3) is 0.125. The van der Waals surface area contributed by atoms with Crippen molar-refractivity contribution in [3.05, 3.63) is 23.5 Å². The molecule has 0 aliphatic heterocycles. The maximum Gasteiger partial charge on any atom is 0.174 e. The Hall–Kier alpha value is -1.32. The summed E-state index contributed by atoms with van der Waals surface area (Å²) >= 11 is 0. The molecular weight excluding hydrogens is 158 g/mol. The minimum atomic E-state index is -0.715. The SMILES string of the molecule is [B]c1ccc(OC)c(F)c1C=O. The van der Waals surface area contributed by atoms with Crippen molar-refractivity contribution in [2.24, 2.45) is 0 Å². The van der Waals surface area contributed by atoms with Gasteiger partial charge < -0.3 is 4.74 Å². The third-order valence-electron chi connectivity index (χ3n) is 1.52. The van der Waals surface area contributed by atoms with Crippen LogP contribution in [0.1, 0.15) is 10.4 Å². The molecule has 60 valence electrons. The summed E-state index contributed by atoms with van der Waals surface area (Å²) in [7, 11) is 6.65. The number of aldehydes is 1. The number of benzene rings is 1. The predicted octanol–water partition coefficient (Wildman–Crippen LogP) is 0.441. The molecule has 0 aliphatic rings. The molecule has 12 heavy (non-hydrogen) atoms. The van der Waals surface area contributed by atoms with Gasteiger partial charge in [0.15, 0.2) is 17.9 Å². The Labute approximate surface area is 70.8 Å². The third kappa shape index (κ3) is 1.32. The Morgan fingerprint density at radius 1 is 1.58 bits per heavy atom. The van der Waals surface area contributed by atoms with Crippen molar-refractivity contribution in [1.29, 1.82) is 0 Å². The maximum atomic E-state index is 13.1. The smallest absolute Gasteiger partial charge is 0.174 e. The maximum absolute atomic E-state index is 13.1. The van der Waals surface area contributed by atoms with Crippen LogP contribution in [0.3, 0.4) is 0 Å². The fourth-order valence-corrected chi connectivity index (χ4v) is 0.865. The van der Waals surface area contributed by atoms with Crippen LogP contribution in [0.15, 0.2) is 12.1 Å². The van der Waals surface area contributed by atoms with Crippen LogP contribution < -0.4 is 10.2 Å². The lowest BCUT2D eigenvalue weighted by Gasteiger charge is -2.05. The minimum Gasteiger partial charge on any atom is -0.494 e. The van der Waals surface area contributed by atoms with Gasteiger partial charge in [0.2, 0.25) is 0 Å². The number of hydrogen-bond acceptors (Lipinski definition) is 2. The lowest BCUT2D eigenvalue weighted by molar-refractivity contribution is 0.112. The zero-order chi connectivity index (χ0) is 9.14. The lowest BCUT2D eigenvalue weighted by Crippen LogP contribution is -2.12. The molecule has 2 radical (unpaired) electrons. The summed E-state index contributed by atoms with van der Waals surface area (Å²) in [6, 6.07) is 2.79. The van der Waals surface area contributed by atoms with E-state index in [0.717, 1.165) is 0 Å². The van der Waals surface area contributed by atoms with Crippen molar-refractivity contribution >= 4 is 19.6 Å². The monoisotopic (exact) mass is 164 g/mol. The van der Waals surface area contributed by atoms with Crippen LogP contribution in [0.4, 0.5) is 4.39 Å². The first kappa shape index (κ1) is 8.78. The topological polar surface area (TPSA) is 26.3 Å². The van der Waals surface area contributed by atoms with E-state index < -0.39 is 5.82 Å². The van der Waals surface area contributed by atoms with Gasteiger partial charge in [0, 0.05) is 5.56 Å². The van der Waals surface area contributed by atoms with Crippen LogP contribution in [-0.4, -0.2) is 21.2 Å². The van der Waals surface area contributed by atoms with Gasteiger partial charge in [-0.2, -0.15) is 0 Å². The van der Waals surface area contributed by atoms with E-state index in [1.165, 1.54) is 19.2 Å². The highest BCUT2D eigenvalue weighted by molar-refractivity contribution is 6.35. The van der Waals surface area contributed by atoms with Gasteiger partial charge in [-0.25, -0.2) is 4.39 Å². The third-order valence-corrected chi connectivity index (χ3v) is 1.52. The Kier molecular flexibility index (Phi) is 2.48. The quantitative estimate of drug-likeness (QED) is 0.468. The van der Waals surface area contributed by atoms with Gasteiger partial charge in [-0.05, 0) is 6.07 Å². The molecule has 0 atom stereocenters. The van der Waals surface area contributed by atoms with Gasteiger partial charge in [-0.3, -0.25) is 4.79 Å². The van der Waals surface area contributed by atoms with Crippen molar-refractivity contribution in [1.82, 2.24) is 0 Å². The van der Waals surface area contributed by atoms with Crippen LogP contribution in [-0.2, 0) is 0 Å². The molecule has 0 fully saturated rings. The van der Waals surface area contributed by atoms with Crippen molar-refractivity contribution < 1.29 is 13.9 Å². The number of ether oxygens (including phenoxy) is 1. The molecule has 0 amide bonds. The van der Waals surface area contributed by atoms with E-state index >= 15 is 0 Å². The molecule has 2 nitrogen and oxygen atoms in total. The predicted molar refractivity (Wildman–Crippen MR) is 43.7 cm³/mol. The highest BCUT2D eigenvalue weighted by atomic mass is 19.1. The van der Waals surface area contributed by atoms with E-state index in [-0.39, 0.29) is 16.8 Å². The molecule has 0 aromatic heterocycles. The average molecular weight is 164 g/mol. The van der Waals surface area contributed by atoms with Crippen LogP contribution in [0.2, 0.25) is 0 Å². The van der Waals surface area contributed by atoms with Crippen LogP contribution in [0.25, 0.3) is 0 Å². The van der Waals surface area contributed by atoms with Crippen LogP contribution >= 0.6 is 0 Å². The van der Waals surface area contributed by atoms with E-state index in [1.807, 2.05) is 0 Å². The number of hydrogen-bond donors (Lipinski definition) is 0. The van der Waals surface area contributed by atoms with Gasteiger partial charge in [0.25, 0.3) is 0 Å². The van der Waals surface area contributed by atoms with Gasteiger partial charge in [-0.15, -0.1) is 0 Å². The number of carbonyl (C=O) groups is 1. The second-order valence-corrected chi connectivity index (χ2v) is 2.20. The highest BCUT2D eigenvalue weighted by Gasteiger charge is 2.09. The van der Waals surface area contributed by atoms with E-state index in [9.17, 15) is 9.18 Å². The van der Waals surface area contributed by atoms with Crippen molar-refractivity contribution in [3.63, 3.8) is 0 Å². The molecular formula is C8H6BFO2. The molecule has 1 aromatic carbocycles. The molecule has 1 aromatic rings. The van der Waals surface area contributed by atoms with Crippen molar-refractivity contribution in [2.75, 3.05) is 7.11 Å². The van der Waals surface area contributed by atoms with Crippen molar-refractivity contribution in [3.8, 4) is 5.75 Å². The summed E-state index contributed by atoms with van der Waals surface area (Å²) in [5.41, 5.74) is -0.0438. The molecule has 0 saturated carbocycles. The molecule has 4 heteroatoms. The van der Waals surface area contributed by atoms with Crippen LogP contribution in [0, 0.1) is 5.82 Å². The first-order valence-corrected chi connectivity index (χ1v) is 3.28. The Morgan fingerprint density at radius 3 is 2.75 bits per heavy atom. The van der Waals surface area contributed by atoms with Crippen LogP contribution in [0.5, 0.6) is 5.75 Å². The van der Waals surface area contributed by atoms with E-state index in [4.69, 9.17) is 7.85 Å². The van der Waals surface area contributed by atoms with Gasteiger partial charge in [0.1, 0.15) is 7.85 Å². The zero-order valence-corrected chi connectivity index (χ0v) is 6.50. The fourth-order valence-electron chi connectivity index (χ4n) is 0.865. The second kappa shape index (κ2) is 3.39. The standard InChI is InChI=1S/C8H6BFO2/c1-12-7-3-2-6(9)5(4-11)8(7)10/h2-4H,1H3. The molecule has 0 spiro atoms. The van der Waals surface area contributed by atoms with Gasteiger partial charge in [-0.1, -0.05) is 11.5 Å². The number of methoxy groups -OCH3 is 1. The summed E-state index contributed by atoms with van der Waals surface area (Å²) in [4.78, 5) is 10.3. The zero-order valence-electron chi connectivity index (χ0n) is 6.50. The normalized spacial score (nSPS) is 9.50. The van der Waals surface area contributed by atoms with Crippen molar-refractivity contribution in [2.45, 2.75) is 0 Å². The van der Waals surface area contributed by atoms with E-state index in [0.29, 0.717) is 6.29 Å². The molecule has 0 bridgehead atoms. The largest absolute Gasteiger partial charge is 0.494 e. The Balaban J connectivity index is 3.33. The Bertz CT molecular complexity index is 312. The summed E-state index contributed by atoms with van der Waals surface area (Å²) in [5, 5.41) is 0. The second-order valence-electron chi connectivity index (χ2n) is 2.20. The van der Waals surface area contributed by atoms with Gasteiger partial charge >= 0.3 is 0 Å². The summed E-state index contributed by atoms with van der Waals surface area (Å²) < 4.78 is 17.8. The minimum absolute atomic E-state index is 0.0197. The molecule has 1 rings (SSSR count). The number of halogens is 1. The molecule has 0 unspecified atom stereocenters.